The molecule has 1 aliphatic rings. The lowest BCUT2D eigenvalue weighted by atomic mass is 10.1. The third kappa shape index (κ3) is 3.89. The van der Waals surface area contributed by atoms with Crippen molar-refractivity contribution in [3.05, 3.63) is 34.3 Å². The van der Waals surface area contributed by atoms with Crippen LogP contribution in [0.15, 0.2) is 28.7 Å². The highest BCUT2D eigenvalue weighted by atomic mass is 79.9. The molecule has 0 amide bonds. The third-order valence-electron chi connectivity index (χ3n) is 3.00. The summed E-state index contributed by atoms with van der Waals surface area (Å²) in [6, 6.07) is 7.84. The maximum atomic E-state index is 9.94. The van der Waals surface area contributed by atoms with Gasteiger partial charge >= 0.3 is 0 Å². The van der Waals surface area contributed by atoms with Crippen LogP contribution in [0.25, 0.3) is 0 Å². The molecule has 16 heavy (non-hydrogen) atoms. The maximum absolute atomic E-state index is 9.94. The molecule has 2 rings (SSSR count). The second-order valence-corrected chi connectivity index (χ2v) is 5.42. The van der Waals surface area contributed by atoms with Gasteiger partial charge < -0.3 is 10.4 Å². The highest BCUT2D eigenvalue weighted by Gasteiger charge is 2.20. The Balaban J connectivity index is 1.71. The van der Waals surface area contributed by atoms with Gasteiger partial charge in [-0.25, -0.2) is 0 Å². The number of hydrogen-bond donors (Lipinski definition) is 2. The summed E-state index contributed by atoms with van der Waals surface area (Å²) in [5, 5.41) is 13.3. The van der Waals surface area contributed by atoms with Crippen molar-refractivity contribution in [3.8, 4) is 0 Å². The van der Waals surface area contributed by atoms with E-state index in [2.05, 4.69) is 21.2 Å². The molecular formula is C13H18BrNO. The largest absolute Gasteiger partial charge is 0.387 e. The molecule has 1 aromatic carbocycles. The van der Waals surface area contributed by atoms with E-state index in [1.165, 1.54) is 19.3 Å². The fourth-order valence-corrected chi connectivity index (χ4v) is 2.20. The molecule has 2 nitrogen and oxygen atoms in total. The van der Waals surface area contributed by atoms with Crippen molar-refractivity contribution < 1.29 is 5.11 Å². The van der Waals surface area contributed by atoms with Gasteiger partial charge in [0.25, 0.3) is 0 Å². The van der Waals surface area contributed by atoms with Crippen LogP contribution < -0.4 is 5.32 Å². The van der Waals surface area contributed by atoms with Crippen LogP contribution in [0.1, 0.15) is 30.9 Å². The molecule has 1 fully saturated rings. The van der Waals surface area contributed by atoms with E-state index in [1.54, 1.807) is 0 Å². The number of nitrogens with one attached hydrogen (secondary N) is 1. The van der Waals surface area contributed by atoms with Gasteiger partial charge in [-0.2, -0.15) is 0 Å². The average molecular weight is 284 g/mol. The minimum Gasteiger partial charge on any atom is -0.387 e. The molecule has 0 spiro atoms. The molecule has 3 heteroatoms. The van der Waals surface area contributed by atoms with Gasteiger partial charge in [0, 0.05) is 11.0 Å². The van der Waals surface area contributed by atoms with Gasteiger partial charge in [-0.3, -0.25) is 0 Å². The Morgan fingerprint density at radius 1 is 1.44 bits per heavy atom. The predicted molar refractivity (Wildman–Crippen MR) is 69.3 cm³/mol. The van der Waals surface area contributed by atoms with Crippen molar-refractivity contribution in [3.63, 3.8) is 0 Å². The molecular weight excluding hydrogens is 266 g/mol. The lowest BCUT2D eigenvalue weighted by molar-refractivity contribution is 0.174. The normalized spacial score (nSPS) is 17.4. The highest BCUT2D eigenvalue weighted by Crippen LogP contribution is 2.31. The molecule has 1 aromatic rings. The molecule has 0 bridgehead atoms. The lowest BCUT2D eigenvalue weighted by Crippen LogP contribution is -2.22. The van der Waals surface area contributed by atoms with E-state index in [0.717, 1.165) is 22.5 Å². The zero-order chi connectivity index (χ0) is 11.4. The average Bonchev–Trinajstić information content (AvgIpc) is 3.08. The number of hydrogen-bond acceptors (Lipinski definition) is 2. The standard InChI is InChI=1S/C13H18BrNO/c14-12-3-1-2-11(8-12)13(16)9-15-7-6-10-4-5-10/h1-3,8,10,13,15-16H,4-7,9H2. The van der Waals surface area contributed by atoms with Crippen molar-refractivity contribution in [1.29, 1.82) is 0 Å². The second kappa shape index (κ2) is 5.80. The quantitative estimate of drug-likeness (QED) is 0.787. The van der Waals surface area contributed by atoms with Crippen LogP contribution >= 0.6 is 15.9 Å². The number of aliphatic hydroxyl groups excluding tert-OH is 1. The van der Waals surface area contributed by atoms with Gasteiger partial charge in [0.1, 0.15) is 0 Å². The Labute approximate surface area is 105 Å². The monoisotopic (exact) mass is 283 g/mol. The Morgan fingerprint density at radius 2 is 2.25 bits per heavy atom. The molecule has 0 aromatic heterocycles. The molecule has 88 valence electrons. The fourth-order valence-electron chi connectivity index (χ4n) is 1.78. The molecule has 1 saturated carbocycles. The van der Waals surface area contributed by atoms with E-state index in [0.29, 0.717) is 6.54 Å². The predicted octanol–water partition coefficient (Wildman–Crippen LogP) is 2.87. The Morgan fingerprint density at radius 3 is 2.94 bits per heavy atom. The van der Waals surface area contributed by atoms with Crippen LogP contribution in [0, 0.1) is 5.92 Å². The van der Waals surface area contributed by atoms with Gasteiger partial charge in [0.15, 0.2) is 0 Å². The molecule has 1 aliphatic carbocycles. The summed E-state index contributed by atoms with van der Waals surface area (Å²) in [5.74, 6) is 0.954. The van der Waals surface area contributed by atoms with Crippen LogP contribution in [0.3, 0.4) is 0 Å². The summed E-state index contributed by atoms with van der Waals surface area (Å²) in [6.07, 6.45) is 3.65. The topological polar surface area (TPSA) is 32.3 Å². The van der Waals surface area contributed by atoms with Crippen molar-refractivity contribution in [2.24, 2.45) is 5.92 Å². The van der Waals surface area contributed by atoms with Crippen LogP contribution in [-0.2, 0) is 0 Å². The first-order valence-electron chi connectivity index (χ1n) is 5.90. The highest BCUT2D eigenvalue weighted by molar-refractivity contribution is 9.10. The first kappa shape index (κ1) is 12.1. The maximum Gasteiger partial charge on any atom is 0.0914 e. The van der Waals surface area contributed by atoms with Crippen LogP contribution in [0.5, 0.6) is 0 Å². The summed E-state index contributed by atoms with van der Waals surface area (Å²) in [6.45, 7) is 1.67. The second-order valence-electron chi connectivity index (χ2n) is 4.51. The number of aliphatic hydroxyl groups is 1. The van der Waals surface area contributed by atoms with Gasteiger partial charge in [-0.05, 0) is 36.6 Å². The van der Waals surface area contributed by atoms with E-state index in [9.17, 15) is 5.11 Å². The van der Waals surface area contributed by atoms with Crippen LogP contribution in [-0.4, -0.2) is 18.2 Å². The summed E-state index contributed by atoms with van der Waals surface area (Å²) in [4.78, 5) is 0. The van der Waals surface area contributed by atoms with E-state index in [-0.39, 0.29) is 0 Å². The molecule has 1 atom stereocenters. The van der Waals surface area contributed by atoms with Crippen molar-refractivity contribution >= 4 is 15.9 Å². The summed E-state index contributed by atoms with van der Waals surface area (Å²) < 4.78 is 1.02. The third-order valence-corrected chi connectivity index (χ3v) is 3.49. The van der Waals surface area contributed by atoms with Crippen molar-refractivity contribution in [1.82, 2.24) is 5.32 Å². The zero-order valence-corrected chi connectivity index (χ0v) is 10.9. The van der Waals surface area contributed by atoms with Crippen molar-refractivity contribution in [2.75, 3.05) is 13.1 Å². The Bertz CT molecular complexity index is 338. The fraction of sp³-hybridized carbons (Fsp3) is 0.538. The van der Waals surface area contributed by atoms with Gasteiger partial charge in [-0.15, -0.1) is 0 Å². The minimum atomic E-state index is -0.406. The minimum absolute atomic E-state index is 0.406. The van der Waals surface area contributed by atoms with Gasteiger partial charge in [0.2, 0.25) is 0 Å². The summed E-state index contributed by atoms with van der Waals surface area (Å²) >= 11 is 3.41. The lowest BCUT2D eigenvalue weighted by Gasteiger charge is -2.12. The number of benzene rings is 1. The molecule has 0 heterocycles. The number of rotatable bonds is 6. The molecule has 0 saturated heterocycles. The molecule has 1 unspecified atom stereocenters. The first-order chi connectivity index (χ1) is 7.75. The van der Waals surface area contributed by atoms with E-state index in [1.807, 2.05) is 24.3 Å². The van der Waals surface area contributed by atoms with Crippen LogP contribution in [0.4, 0.5) is 0 Å². The van der Waals surface area contributed by atoms with Gasteiger partial charge in [-0.1, -0.05) is 40.9 Å². The Kier molecular flexibility index (Phi) is 4.38. The molecule has 0 aliphatic heterocycles. The van der Waals surface area contributed by atoms with Crippen molar-refractivity contribution in [2.45, 2.75) is 25.4 Å². The summed E-state index contributed by atoms with van der Waals surface area (Å²) in [7, 11) is 0. The number of halogens is 1. The summed E-state index contributed by atoms with van der Waals surface area (Å²) in [5.41, 5.74) is 0.966. The smallest absolute Gasteiger partial charge is 0.0914 e. The van der Waals surface area contributed by atoms with E-state index in [4.69, 9.17) is 0 Å². The Hall–Kier alpha value is -0.380. The SMILES string of the molecule is OC(CNCCC1CC1)c1cccc(Br)c1. The van der Waals surface area contributed by atoms with E-state index < -0.39 is 6.10 Å². The molecule has 0 radical (unpaired) electrons. The van der Waals surface area contributed by atoms with Gasteiger partial charge in [0.05, 0.1) is 6.10 Å². The van der Waals surface area contributed by atoms with Crippen LogP contribution in [0.2, 0.25) is 0 Å². The zero-order valence-electron chi connectivity index (χ0n) is 9.32. The molecule has 2 N–H and O–H groups in total. The first-order valence-corrected chi connectivity index (χ1v) is 6.69. The van der Waals surface area contributed by atoms with E-state index >= 15 is 0 Å².